The molecule has 0 bridgehead atoms. The first-order valence-electron chi connectivity index (χ1n) is 10.9. The number of anilines is 1. The van der Waals surface area contributed by atoms with Crippen LogP contribution in [-0.4, -0.2) is 33.6 Å². The number of rotatable bonds is 4. The van der Waals surface area contributed by atoms with Crippen LogP contribution in [0.15, 0.2) is 90.4 Å². The van der Waals surface area contributed by atoms with Crippen molar-refractivity contribution in [1.29, 1.82) is 0 Å². The van der Waals surface area contributed by atoms with E-state index >= 15 is 0 Å². The van der Waals surface area contributed by atoms with Crippen molar-refractivity contribution in [2.45, 2.75) is 0 Å². The summed E-state index contributed by atoms with van der Waals surface area (Å²) >= 11 is 0. The normalized spacial score (nSPS) is 11.4. The Hall–Kier alpha value is -4.65. The molecule has 164 valence electrons. The van der Waals surface area contributed by atoms with Gasteiger partial charge in [-0.2, -0.15) is 0 Å². The molecule has 0 aliphatic heterocycles. The number of hydrogen-bond donors (Lipinski definition) is 0. The third kappa shape index (κ3) is 3.02. The van der Waals surface area contributed by atoms with Crippen LogP contribution < -0.4 is 4.90 Å². The van der Waals surface area contributed by atoms with E-state index in [1.807, 2.05) is 44.4 Å². The lowest BCUT2D eigenvalue weighted by Crippen LogP contribution is -2.08. The molecule has 0 aliphatic carbocycles. The zero-order valence-electron chi connectivity index (χ0n) is 18.7. The molecule has 0 saturated heterocycles. The van der Waals surface area contributed by atoms with Gasteiger partial charge in [0.2, 0.25) is 0 Å². The predicted octanol–water partition coefficient (Wildman–Crippen LogP) is 6.25. The van der Waals surface area contributed by atoms with Gasteiger partial charge >= 0.3 is 0 Å². The molecule has 0 amide bonds. The second-order valence-electron chi connectivity index (χ2n) is 8.32. The van der Waals surface area contributed by atoms with E-state index in [0.717, 1.165) is 55.6 Å². The van der Waals surface area contributed by atoms with Crippen molar-refractivity contribution in [3.8, 4) is 17.1 Å². The topological polar surface area (TPSA) is 76.3 Å². The van der Waals surface area contributed by atoms with E-state index in [4.69, 9.17) is 4.98 Å². The van der Waals surface area contributed by atoms with E-state index in [1.54, 1.807) is 24.5 Å². The monoisotopic (exact) mass is 444 g/mol. The van der Waals surface area contributed by atoms with Crippen LogP contribution >= 0.6 is 0 Å². The zero-order chi connectivity index (χ0) is 23.2. The molecule has 0 unspecified atom stereocenters. The highest BCUT2D eigenvalue weighted by Crippen LogP contribution is 2.38. The van der Waals surface area contributed by atoms with E-state index in [2.05, 4.69) is 54.9 Å². The van der Waals surface area contributed by atoms with E-state index in [0.29, 0.717) is 5.69 Å². The summed E-state index contributed by atoms with van der Waals surface area (Å²) in [7, 11) is 4.04. The fourth-order valence-electron chi connectivity index (χ4n) is 4.44. The summed E-state index contributed by atoms with van der Waals surface area (Å²) in [6.07, 6.45) is 3.57. The lowest BCUT2D eigenvalue weighted by molar-refractivity contribution is 1.10. The Labute approximate surface area is 195 Å². The van der Waals surface area contributed by atoms with Gasteiger partial charge in [-0.1, -0.05) is 0 Å². The van der Waals surface area contributed by atoms with Gasteiger partial charge in [0.15, 0.2) is 0 Å². The Morgan fingerprint density at radius 1 is 0.765 bits per heavy atom. The molecule has 3 heterocycles. The van der Waals surface area contributed by atoms with Gasteiger partial charge in [-0.15, -0.1) is 4.91 Å². The Balaban J connectivity index is 1.77. The quantitative estimate of drug-likeness (QED) is 0.237. The van der Waals surface area contributed by atoms with Crippen LogP contribution in [0.2, 0.25) is 0 Å². The minimum Gasteiger partial charge on any atom is -0.378 e. The van der Waals surface area contributed by atoms with Gasteiger partial charge in [0.1, 0.15) is 11.5 Å². The molecule has 34 heavy (non-hydrogen) atoms. The van der Waals surface area contributed by atoms with Gasteiger partial charge in [0.25, 0.3) is 0 Å². The molecule has 6 aromatic rings. The first-order valence-corrected chi connectivity index (χ1v) is 10.9. The van der Waals surface area contributed by atoms with Crippen LogP contribution in [-0.2, 0) is 0 Å². The zero-order valence-corrected chi connectivity index (χ0v) is 18.7. The summed E-state index contributed by atoms with van der Waals surface area (Å²) in [6, 6.07) is 23.5. The minimum atomic E-state index is 0.381. The van der Waals surface area contributed by atoms with Crippen molar-refractivity contribution >= 4 is 44.2 Å². The molecule has 0 N–H and O–H groups in total. The largest absolute Gasteiger partial charge is 0.378 e. The van der Waals surface area contributed by atoms with Crippen LogP contribution in [0.4, 0.5) is 11.4 Å². The Bertz CT molecular complexity index is 1690. The molecule has 0 atom stereocenters. The summed E-state index contributed by atoms with van der Waals surface area (Å²) in [6.45, 7) is 0. The Kier molecular flexibility index (Phi) is 4.55. The van der Waals surface area contributed by atoms with Crippen LogP contribution in [0.1, 0.15) is 0 Å². The summed E-state index contributed by atoms with van der Waals surface area (Å²) in [5.74, 6) is 0.800. The Morgan fingerprint density at radius 3 is 2.06 bits per heavy atom. The number of fused-ring (bicyclic) bond motifs is 6. The molecule has 0 aliphatic rings. The average molecular weight is 444 g/mol. The average Bonchev–Trinajstić information content (AvgIpc) is 3.30. The van der Waals surface area contributed by atoms with Crippen molar-refractivity contribution in [3.05, 3.63) is 90.1 Å². The summed E-state index contributed by atoms with van der Waals surface area (Å²) in [5.41, 5.74) is 6.81. The smallest absolute Gasteiger partial charge is 0.145 e. The molecule has 0 fully saturated rings. The lowest BCUT2D eigenvalue weighted by Gasteiger charge is -2.14. The van der Waals surface area contributed by atoms with Gasteiger partial charge in [-0.05, 0) is 78.0 Å². The maximum Gasteiger partial charge on any atom is 0.145 e. The molecule has 6 rings (SSSR count). The molecule has 3 aromatic heterocycles. The number of nitrogens with zero attached hydrogens (tertiary/aromatic N) is 6. The van der Waals surface area contributed by atoms with Gasteiger partial charge in [-0.25, -0.2) is 4.98 Å². The summed E-state index contributed by atoms with van der Waals surface area (Å²) < 4.78 is 2.13. The maximum absolute atomic E-state index is 11.0. The number of benzene rings is 3. The number of imidazole rings is 1. The van der Waals surface area contributed by atoms with E-state index in [9.17, 15) is 4.91 Å². The van der Waals surface area contributed by atoms with Crippen molar-refractivity contribution in [1.82, 2.24) is 19.5 Å². The standard InChI is InChI=1S/C27H20N6O/c1-32(2)19-11-7-17(8-12-19)27-30-25-21-5-3-15-28-23(21)24-22(6-4-16-29-24)26(25)33(27)20-13-9-18(31-34)10-14-20/h3-16H,1-2H3. The fourth-order valence-corrected chi connectivity index (χ4v) is 4.44. The lowest BCUT2D eigenvalue weighted by atomic mass is 10.1. The molecule has 0 radical (unpaired) electrons. The highest BCUT2D eigenvalue weighted by molar-refractivity contribution is 6.21. The van der Waals surface area contributed by atoms with Gasteiger partial charge in [-0.3, -0.25) is 14.5 Å². The molecule has 0 saturated carbocycles. The van der Waals surface area contributed by atoms with Crippen LogP contribution in [0.3, 0.4) is 0 Å². The Morgan fingerprint density at radius 2 is 1.41 bits per heavy atom. The molecule has 0 spiro atoms. The number of aromatic nitrogens is 4. The van der Waals surface area contributed by atoms with E-state index in [-0.39, 0.29) is 0 Å². The first kappa shape index (κ1) is 20.0. The third-order valence-electron chi connectivity index (χ3n) is 6.08. The van der Waals surface area contributed by atoms with E-state index < -0.39 is 0 Å². The molecule has 7 nitrogen and oxygen atoms in total. The number of hydrogen-bond acceptors (Lipinski definition) is 6. The first-order chi connectivity index (χ1) is 16.7. The van der Waals surface area contributed by atoms with Crippen molar-refractivity contribution in [2.75, 3.05) is 19.0 Å². The van der Waals surface area contributed by atoms with Gasteiger partial charge < -0.3 is 4.90 Å². The maximum atomic E-state index is 11.0. The van der Waals surface area contributed by atoms with Crippen molar-refractivity contribution in [2.24, 2.45) is 5.18 Å². The summed E-state index contributed by atoms with van der Waals surface area (Å²) in [5, 5.41) is 4.96. The van der Waals surface area contributed by atoms with Crippen molar-refractivity contribution < 1.29 is 0 Å². The van der Waals surface area contributed by atoms with Crippen LogP contribution in [0.5, 0.6) is 0 Å². The van der Waals surface area contributed by atoms with Gasteiger partial charge in [0, 0.05) is 54.2 Å². The third-order valence-corrected chi connectivity index (χ3v) is 6.08. The van der Waals surface area contributed by atoms with E-state index in [1.165, 1.54) is 0 Å². The second-order valence-corrected chi connectivity index (χ2v) is 8.32. The van der Waals surface area contributed by atoms with Crippen LogP contribution in [0.25, 0.3) is 49.9 Å². The molecular weight excluding hydrogens is 424 g/mol. The second kappa shape index (κ2) is 7.74. The fraction of sp³-hybridized carbons (Fsp3) is 0.0741. The minimum absolute atomic E-state index is 0.381. The molecule has 7 heteroatoms. The molecular formula is C27H20N6O. The number of nitroso groups, excluding NO2 is 1. The van der Waals surface area contributed by atoms with Crippen LogP contribution in [0, 0.1) is 4.91 Å². The highest BCUT2D eigenvalue weighted by Gasteiger charge is 2.21. The highest BCUT2D eigenvalue weighted by atomic mass is 16.3. The molecule has 3 aromatic carbocycles. The predicted molar refractivity (Wildman–Crippen MR) is 137 cm³/mol. The van der Waals surface area contributed by atoms with Gasteiger partial charge in [0.05, 0.1) is 22.1 Å². The van der Waals surface area contributed by atoms with Crippen molar-refractivity contribution in [3.63, 3.8) is 0 Å². The number of pyridine rings is 2. The SMILES string of the molecule is CN(C)c1ccc(-c2nc3c4cccnc4c4ncccc4c3n2-c2ccc(N=O)cc2)cc1. The summed E-state index contributed by atoms with van der Waals surface area (Å²) in [4.78, 5) is 27.5.